The summed E-state index contributed by atoms with van der Waals surface area (Å²) in [6, 6.07) is 0.0514. The van der Waals surface area contributed by atoms with Gasteiger partial charge in [0.2, 0.25) is 0 Å². The molecule has 0 heterocycles. The number of hydrogen-bond donors (Lipinski definition) is 2. The minimum absolute atomic E-state index is 0.0514. The van der Waals surface area contributed by atoms with Gasteiger partial charge in [0, 0.05) is 19.1 Å². The van der Waals surface area contributed by atoms with Crippen molar-refractivity contribution in [2.24, 2.45) is 5.92 Å². The van der Waals surface area contributed by atoms with Gasteiger partial charge in [-0.2, -0.15) is 12.7 Å². The maximum Gasteiger partial charge on any atom is 0.279 e. The molecule has 0 aliphatic heterocycles. The molecule has 2 N–H and O–H groups in total. The SMILES string of the molecule is CC(C)CNS(=O)(=O)N(CCO)C1CCCCC1. The highest BCUT2D eigenvalue weighted by molar-refractivity contribution is 7.87. The third kappa shape index (κ3) is 4.84. The smallest absolute Gasteiger partial charge is 0.279 e. The predicted molar refractivity (Wildman–Crippen MR) is 72.4 cm³/mol. The molecule has 0 radical (unpaired) electrons. The molecular weight excluding hydrogens is 252 g/mol. The summed E-state index contributed by atoms with van der Waals surface area (Å²) in [6.45, 7) is 4.45. The van der Waals surface area contributed by atoms with Crippen molar-refractivity contribution >= 4 is 10.2 Å². The molecular formula is C12H26N2O3S. The van der Waals surface area contributed by atoms with E-state index in [-0.39, 0.29) is 25.1 Å². The Hall–Kier alpha value is -0.170. The van der Waals surface area contributed by atoms with Crippen LogP contribution in [0.3, 0.4) is 0 Å². The summed E-state index contributed by atoms with van der Waals surface area (Å²) in [7, 11) is -3.46. The molecule has 0 spiro atoms. The van der Waals surface area contributed by atoms with Crippen molar-refractivity contribution in [2.75, 3.05) is 19.7 Å². The lowest BCUT2D eigenvalue weighted by atomic mass is 9.95. The molecule has 0 amide bonds. The first kappa shape index (κ1) is 15.9. The van der Waals surface area contributed by atoms with Gasteiger partial charge in [-0.1, -0.05) is 33.1 Å². The van der Waals surface area contributed by atoms with Crippen molar-refractivity contribution in [1.29, 1.82) is 0 Å². The molecule has 0 unspecified atom stereocenters. The fourth-order valence-corrected chi connectivity index (χ4v) is 3.96. The van der Waals surface area contributed by atoms with Crippen LogP contribution < -0.4 is 4.72 Å². The molecule has 1 rings (SSSR count). The molecule has 0 aromatic rings. The van der Waals surface area contributed by atoms with Crippen LogP contribution in [0.25, 0.3) is 0 Å². The van der Waals surface area contributed by atoms with Crippen LogP contribution in [0.1, 0.15) is 46.0 Å². The van der Waals surface area contributed by atoms with E-state index >= 15 is 0 Å². The monoisotopic (exact) mass is 278 g/mol. The Kier molecular flexibility index (Phi) is 6.55. The van der Waals surface area contributed by atoms with Crippen LogP contribution in [-0.4, -0.2) is 43.6 Å². The minimum Gasteiger partial charge on any atom is -0.395 e. The van der Waals surface area contributed by atoms with Crippen molar-refractivity contribution < 1.29 is 13.5 Å². The van der Waals surface area contributed by atoms with Gasteiger partial charge < -0.3 is 5.11 Å². The van der Waals surface area contributed by atoms with E-state index in [1.54, 1.807) is 0 Å². The molecule has 1 saturated carbocycles. The molecule has 0 aromatic carbocycles. The van der Waals surface area contributed by atoms with Gasteiger partial charge >= 0.3 is 0 Å². The van der Waals surface area contributed by atoms with E-state index in [1.807, 2.05) is 13.8 Å². The topological polar surface area (TPSA) is 69.6 Å². The number of aliphatic hydroxyl groups is 1. The van der Waals surface area contributed by atoms with E-state index in [0.29, 0.717) is 6.54 Å². The minimum atomic E-state index is -3.46. The number of nitrogens with zero attached hydrogens (tertiary/aromatic N) is 1. The molecule has 0 saturated heterocycles. The van der Waals surface area contributed by atoms with Crippen LogP contribution in [0, 0.1) is 5.92 Å². The summed E-state index contributed by atoms with van der Waals surface area (Å²) in [5, 5.41) is 9.07. The second kappa shape index (κ2) is 7.43. The largest absolute Gasteiger partial charge is 0.395 e. The van der Waals surface area contributed by atoms with E-state index in [1.165, 1.54) is 10.7 Å². The average molecular weight is 278 g/mol. The summed E-state index contributed by atoms with van der Waals surface area (Å²) in [5.74, 6) is 0.280. The first-order valence-corrected chi connectivity index (χ1v) is 8.28. The standard InChI is InChI=1S/C12H26N2O3S/c1-11(2)10-13-18(16,17)14(8-9-15)12-6-4-3-5-7-12/h11-13,15H,3-10H2,1-2H3. The summed E-state index contributed by atoms with van der Waals surface area (Å²) in [5.41, 5.74) is 0. The van der Waals surface area contributed by atoms with Gasteiger partial charge in [0.15, 0.2) is 0 Å². The van der Waals surface area contributed by atoms with Crippen LogP contribution in [-0.2, 0) is 10.2 Å². The van der Waals surface area contributed by atoms with E-state index in [2.05, 4.69) is 4.72 Å². The van der Waals surface area contributed by atoms with E-state index < -0.39 is 10.2 Å². The van der Waals surface area contributed by atoms with Gasteiger partial charge in [-0.3, -0.25) is 0 Å². The summed E-state index contributed by atoms with van der Waals surface area (Å²) < 4.78 is 28.5. The summed E-state index contributed by atoms with van der Waals surface area (Å²) in [6.07, 6.45) is 5.15. The van der Waals surface area contributed by atoms with Crippen molar-refractivity contribution in [1.82, 2.24) is 9.03 Å². The number of nitrogens with one attached hydrogen (secondary N) is 1. The highest BCUT2D eigenvalue weighted by atomic mass is 32.2. The zero-order valence-corrected chi connectivity index (χ0v) is 12.2. The van der Waals surface area contributed by atoms with E-state index in [9.17, 15) is 8.42 Å². The Bertz CT molecular complexity index is 324. The zero-order chi connectivity index (χ0) is 13.6. The van der Waals surface area contributed by atoms with Gasteiger partial charge in [0.1, 0.15) is 0 Å². The molecule has 6 heteroatoms. The molecule has 0 atom stereocenters. The van der Waals surface area contributed by atoms with Crippen molar-refractivity contribution in [3.05, 3.63) is 0 Å². The average Bonchev–Trinajstić information content (AvgIpc) is 2.34. The van der Waals surface area contributed by atoms with Gasteiger partial charge in [0.05, 0.1) is 6.61 Å². The van der Waals surface area contributed by atoms with Crippen molar-refractivity contribution in [3.63, 3.8) is 0 Å². The van der Waals surface area contributed by atoms with E-state index in [4.69, 9.17) is 5.11 Å². The summed E-state index contributed by atoms with van der Waals surface area (Å²) >= 11 is 0. The van der Waals surface area contributed by atoms with Crippen LogP contribution in [0.5, 0.6) is 0 Å². The van der Waals surface area contributed by atoms with Crippen LogP contribution in [0.4, 0.5) is 0 Å². The maximum atomic E-state index is 12.2. The fourth-order valence-electron chi connectivity index (χ4n) is 2.32. The maximum absolute atomic E-state index is 12.2. The Balaban J connectivity index is 2.69. The lowest BCUT2D eigenvalue weighted by molar-refractivity contribution is 0.197. The lowest BCUT2D eigenvalue weighted by Crippen LogP contribution is -2.49. The first-order valence-electron chi connectivity index (χ1n) is 6.84. The quantitative estimate of drug-likeness (QED) is 0.733. The third-order valence-corrected chi connectivity index (χ3v) is 4.91. The first-order chi connectivity index (χ1) is 8.47. The number of hydrogen-bond acceptors (Lipinski definition) is 3. The number of rotatable bonds is 7. The molecule has 1 aliphatic rings. The molecule has 0 bridgehead atoms. The van der Waals surface area contributed by atoms with Crippen LogP contribution in [0.15, 0.2) is 0 Å². The Morgan fingerprint density at radius 2 is 1.89 bits per heavy atom. The zero-order valence-electron chi connectivity index (χ0n) is 11.4. The predicted octanol–water partition coefficient (Wildman–Crippen LogP) is 1.10. The van der Waals surface area contributed by atoms with Gasteiger partial charge in [0.25, 0.3) is 10.2 Å². The van der Waals surface area contributed by atoms with Crippen LogP contribution in [0.2, 0.25) is 0 Å². The van der Waals surface area contributed by atoms with Crippen molar-refractivity contribution in [2.45, 2.75) is 52.0 Å². The lowest BCUT2D eigenvalue weighted by Gasteiger charge is -2.33. The highest BCUT2D eigenvalue weighted by Crippen LogP contribution is 2.24. The Morgan fingerprint density at radius 1 is 1.28 bits per heavy atom. The number of aliphatic hydroxyl groups excluding tert-OH is 1. The second-order valence-electron chi connectivity index (χ2n) is 5.37. The normalized spacial score (nSPS) is 18.7. The van der Waals surface area contributed by atoms with Gasteiger partial charge in [-0.25, -0.2) is 4.72 Å². The van der Waals surface area contributed by atoms with Gasteiger partial charge in [-0.05, 0) is 18.8 Å². The highest BCUT2D eigenvalue weighted by Gasteiger charge is 2.30. The molecule has 108 valence electrons. The molecule has 0 aromatic heterocycles. The van der Waals surface area contributed by atoms with E-state index in [0.717, 1.165) is 25.7 Å². The van der Waals surface area contributed by atoms with Crippen LogP contribution >= 0.6 is 0 Å². The molecule has 1 aliphatic carbocycles. The van der Waals surface area contributed by atoms with Crippen molar-refractivity contribution in [3.8, 4) is 0 Å². The Morgan fingerprint density at radius 3 is 2.39 bits per heavy atom. The summed E-state index contributed by atoms with van der Waals surface area (Å²) in [4.78, 5) is 0. The fraction of sp³-hybridized carbons (Fsp3) is 1.00. The molecule has 18 heavy (non-hydrogen) atoms. The third-order valence-electron chi connectivity index (χ3n) is 3.29. The molecule has 5 nitrogen and oxygen atoms in total. The Labute approximate surface area is 111 Å². The van der Waals surface area contributed by atoms with Gasteiger partial charge in [-0.15, -0.1) is 0 Å². The molecule has 1 fully saturated rings. The second-order valence-corrected chi connectivity index (χ2v) is 7.08.